The van der Waals surface area contributed by atoms with Crippen molar-refractivity contribution in [1.82, 2.24) is 9.97 Å². The highest BCUT2D eigenvalue weighted by Crippen LogP contribution is 2.21. The van der Waals surface area contributed by atoms with Crippen molar-refractivity contribution in [2.24, 2.45) is 0 Å². The zero-order valence-corrected chi connectivity index (χ0v) is 13.8. The van der Waals surface area contributed by atoms with E-state index in [2.05, 4.69) is 9.97 Å². The van der Waals surface area contributed by atoms with Crippen molar-refractivity contribution in [3.05, 3.63) is 45.0 Å². The largest absolute Gasteiger partial charge is 1.00 e. The van der Waals surface area contributed by atoms with E-state index < -0.39 is 5.76 Å². The van der Waals surface area contributed by atoms with Crippen LogP contribution in [0.2, 0.25) is 0 Å². The number of ether oxygens (including phenoxy) is 1. The van der Waals surface area contributed by atoms with Gasteiger partial charge in [0.15, 0.2) is 0 Å². The Morgan fingerprint density at radius 1 is 1.55 bits per heavy atom. The van der Waals surface area contributed by atoms with Crippen LogP contribution in [0.15, 0.2) is 32.9 Å². The van der Waals surface area contributed by atoms with E-state index in [-0.39, 0.29) is 18.5 Å². The van der Waals surface area contributed by atoms with Crippen LogP contribution in [0.5, 0.6) is 0 Å². The standard InChI is InChI=1S/C14H15N3O3S.ClH/c1-3-19-9(2)13-15-10(8-21-13)7-17-6-4-5-11-12(17)16-14(18)20-11;/h4-6,8-9H,3,7H2,1-2H3;1H. The predicted molar refractivity (Wildman–Crippen MR) is 78.3 cm³/mol. The zero-order chi connectivity index (χ0) is 14.8. The molecule has 6 nitrogen and oxygen atoms in total. The molecule has 0 aliphatic heterocycles. The summed E-state index contributed by atoms with van der Waals surface area (Å²) in [5.41, 5.74) is 2.14. The van der Waals surface area contributed by atoms with Crippen LogP contribution < -0.4 is 22.7 Å². The summed E-state index contributed by atoms with van der Waals surface area (Å²) >= 11 is 1.58. The minimum atomic E-state index is -0.450. The summed E-state index contributed by atoms with van der Waals surface area (Å²) in [6.45, 7) is 5.20. The maximum atomic E-state index is 11.3. The van der Waals surface area contributed by atoms with Crippen LogP contribution in [0.4, 0.5) is 0 Å². The third-order valence-corrected chi connectivity index (χ3v) is 4.18. The Morgan fingerprint density at radius 3 is 3.14 bits per heavy atom. The monoisotopic (exact) mass is 341 g/mol. The third-order valence-electron chi connectivity index (χ3n) is 3.12. The van der Waals surface area contributed by atoms with E-state index in [9.17, 15) is 4.79 Å². The number of oxazole rings is 1. The van der Waals surface area contributed by atoms with Crippen LogP contribution in [0.1, 0.15) is 30.7 Å². The fourth-order valence-electron chi connectivity index (χ4n) is 2.18. The Bertz CT molecular complexity index is 811. The number of pyridine rings is 1. The lowest BCUT2D eigenvalue weighted by molar-refractivity contribution is -0.664. The average Bonchev–Trinajstić information content (AvgIpc) is 3.05. The summed E-state index contributed by atoms with van der Waals surface area (Å²) < 4.78 is 12.5. The molecule has 0 bridgehead atoms. The number of aromatic nitrogens is 3. The summed E-state index contributed by atoms with van der Waals surface area (Å²) in [4.78, 5) is 18.6. The molecule has 0 aliphatic rings. The first kappa shape index (κ1) is 16.7. The van der Waals surface area contributed by atoms with Gasteiger partial charge in [-0.2, -0.15) is 9.78 Å². The van der Waals surface area contributed by atoms with E-state index in [1.807, 2.05) is 36.1 Å². The van der Waals surface area contributed by atoms with E-state index >= 15 is 0 Å². The first-order chi connectivity index (χ1) is 10.2. The second kappa shape index (κ2) is 7.04. The SMILES string of the molecule is CCOC(C)c1nc(C[n+]2cccc3oc(=O)[nH]c32)cs1.[Cl-]. The quantitative estimate of drug-likeness (QED) is 0.605. The van der Waals surface area contributed by atoms with Gasteiger partial charge in [-0.3, -0.25) is 0 Å². The molecule has 1 N–H and O–H groups in total. The molecule has 1 unspecified atom stereocenters. The molecule has 8 heteroatoms. The Kier molecular flexibility index (Phi) is 5.33. The summed E-state index contributed by atoms with van der Waals surface area (Å²) in [7, 11) is 0. The second-order valence-electron chi connectivity index (χ2n) is 4.64. The van der Waals surface area contributed by atoms with E-state index in [1.54, 1.807) is 17.4 Å². The molecule has 0 amide bonds. The van der Waals surface area contributed by atoms with Crippen molar-refractivity contribution in [3.63, 3.8) is 0 Å². The average molecular weight is 342 g/mol. The van der Waals surface area contributed by atoms with Crippen molar-refractivity contribution < 1.29 is 26.1 Å². The molecule has 3 aromatic rings. The molecule has 0 fully saturated rings. The lowest BCUT2D eigenvalue weighted by atomic mass is 10.4. The molecule has 0 aliphatic carbocycles. The van der Waals surface area contributed by atoms with Crippen molar-refractivity contribution in [2.75, 3.05) is 6.61 Å². The number of nitrogens with zero attached hydrogens (tertiary/aromatic N) is 2. The van der Waals surface area contributed by atoms with Gasteiger partial charge in [0.25, 0.3) is 0 Å². The molecule has 3 rings (SSSR count). The van der Waals surface area contributed by atoms with Crippen molar-refractivity contribution in [2.45, 2.75) is 26.5 Å². The third kappa shape index (κ3) is 3.37. The van der Waals surface area contributed by atoms with Gasteiger partial charge in [-0.15, -0.1) is 11.3 Å². The number of thiazole rings is 1. The summed E-state index contributed by atoms with van der Waals surface area (Å²) in [6.07, 6.45) is 1.89. The number of hydrogen-bond donors (Lipinski definition) is 1. The number of hydrogen-bond acceptors (Lipinski definition) is 5. The molecule has 0 spiro atoms. The van der Waals surface area contributed by atoms with Gasteiger partial charge in [0, 0.05) is 12.0 Å². The predicted octanol–water partition coefficient (Wildman–Crippen LogP) is -0.985. The van der Waals surface area contributed by atoms with E-state index in [1.165, 1.54) is 0 Å². The zero-order valence-electron chi connectivity index (χ0n) is 12.2. The maximum absolute atomic E-state index is 11.3. The van der Waals surface area contributed by atoms with Crippen LogP contribution in [0, 0.1) is 0 Å². The van der Waals surface area contributed by atoms with Crippen LogP contribution in [-0.4, -0.2) is 16.6 Å². The van der Waals surface area contributed by atoms with E-state index in [0.717, 1.165) is 10.7 Å². The highest BCUT2D eigenvalue weighted by Gasteiger charge is 2.16. The summed E-state index contributed by atoms with van der Waals surface area (Å²) in [5.74, 6) is -0.450. The molecule has 22 heavy (non-hydrogen) atoms. The van der Waals surface area contributed by atoms with Crippen LogP contribution in [-0.2, 0) is 11.3 Å². The Balaban J connectivity index is 0.00000176. The van der Waals surface area contributed by atoms with Gasteiger partial charge >= 0.3 is 11.4 Å². The van der Waals surface area contributed by atoms with Crippen LogP contribution in [0.25, 0.3) is 11.2 Å². The smallest absolute Gasteiger partial charge is 0.510 e. The molecule has 0 saturated heterocycles. The molecule has 118 valence electrons. The minimum absolute atomic E-state index is 0. The number of halogens is 1. The first-order valence-corrected chi connectivity index (χ1v) is 7.62. The Morgan fingerprint density at radius 2 is 2.36 bits per heavy atom. The molecule has 0 saturated carbocycles. The van der Waals surface area contributed by atoms with Gasteiger partial charge in [-0.25, -0.2) is 9.55 Å². The molecule has 0 aromatic carbocycles. The lowest BCUT2D eigenvalue weighted by Crippen LogP contribution is -3.00. The molecule has 3 heterocycles. The number of aromatic amines is 1. The van der Waals surface area contributed by atoms with Gasteiger partial charge in [0.1, 0.15) is 17.7 Å². The van der Waals surface area contributed by atoms with Crippen LogP contribution >= 0.6 is 11.3 Å². The van der Waals surface area contributed by atoms with E-state index in [4.69, 9.17) is 9.15 Å². The summed E-state index contributed by atoms with van der Waals surface area (Å²) in [5, 5.41) is 2.97. The Hall–Kier alpha value is -1.70. The number of H-pyrrole nitrogens is 1. The molecule has 0 radical (unpaired) electrons. The number of nitrogens with one attached hydrogen (secondary N) is 1. The molecule has 3 aromatic heterocycles. The fraction of sp³-hybridized carbons (Fsp3) is 0.357. The van der Waals surface area contributed by atoms with Gasteiger partial charge in [0.05, 0.1) is 11.9 Å². The van der Waals surface area contributed by atoms with Crippen molar-refractivity contribution in [3.8, 4) is 0 Å². The molecular formula is C14H16ClN3O3S. The Labute approximate surface area is 137 Å². The van der Waals surface area contributed by atoms with Gasteiger partial charge in [-0.05, 0) is 26.0 Å². The number of fused-ring (bicyclic) bond motifs is 1. The highest BCUT2D eigenvalue weighted by atomic mass is 35.5. The molecule has 1 atom stereocenters. The minimum Gasteiger partial charge on any atom is -1.00 e. The van der Waals surface area contributed by atoms with E-state index in [0.29, 0.717) is 24.4 Å². The lowest BCUT2D eigenvalue weighted by Gasteiger charge is -2.06. The second-order valence-corrected chi connectivity index (χ2v) is 5.53. The van der Waals surface area contributed by atoms with Crippen molar-refractivity contribution >= 4 is 22.6 Å². The summed E-state index contributed by atoms with van der Waals surface area (Å²) in [6, 6.07) is 3.60. The van der Waals surface area contributed by atoms with Gasteiger partial charge < -0.3 is 21.6 Å². The van der Waals surface area contributed by atoms with Crippen LogP contribution in [0.3, 0.4) is 0 Å². The maximum Gasteiger partial charge on any atom is 0.510 e. The number of rotatable bonds is 5. The molecular weight excluding hydrogens is 326 g/mol. The van der Waals surface area contributed by atoms with Gasteiger partial charge in [-0.1, -0.05) is 0 Å². The fourth-order valence-corrected chi connectivity index (χ4v) is 2.99. The topological polar surface area (TPSA) is 72.0 Å². The highest BCUT2D eigenvalue weighted by molar-refractivity contribution is 7.09. The first-order valence-electron chi connectivity index (χ1n) is 6.74. The van der Waals surface area contributed by atoms with Crippen molar-refractivity contribution in [1.29, 1.82) is 0 Å². The van der Waals surface area contributed by atoms with Gasteiger partial charge in [0.2, 0.25) is 5.58 Å². The normalized spacial score (nSPS) is 12.3.